The van der Waals surface area contributed by atoms with Crippen molar-refractivity contribution in [3.63, 3.8) is 0 Å². The molecule has 0 spiro atoms. The molecule has 1 N–H and O–H groups in total. The van der Waals surface area contributed by atoms with Gasteiger partial charge in [0.25, 0.3) is 0 Å². The van der Waals surface area contributed by atoms with Crippen molar-refractivity contribution >= 4 is 5.97 Å². The van der Waals surface area contributed by atoms with E-state index >= 15 is 0 Å². The Kier molecular flexibility index (Phi) is 3.12. The van der Waals surface area contributed by atoms with Crippen LogP contribution in [0.4, 0.5) is 0 Å². The second kappa shape index (κ2) is 4.60. The molecule has 0 aromatic heterocycles. The van der Waals surface area contributed by atoms with Crippen molar-refractivity contribution in [2.24, 2.45) is 5.92 Å². The van der Waals surface area contributed by atoms with Crippen molar-refractivity contribution in [3.05, 3.63) is 0 Å². The first-order valence-electron chi connectivity index (χ1n) is 7.27. The predicted octanol–water partition coefficient (Wildman–Crippen LogP) is 2.65. The first kappa shape index (κ1) is 11.5. The monoisotopic (exact) mass is 237 g/mol. The standard InChI is InChI=1S/C14H23NO2/c16-14(17)13-9-8-10-4-1-2-7-12(10)15(13)11-5-3-6-11/h10-13H,1-9H2,(H,16,17). The van der Waals surface area contributed by atoms with E-state index < -0.39 is 5.97 Å². The molecule has 2 aliphatic carbocycles. The molecule has 0 amide bonds. The summed E-state index contributed by atoms with van der Waals surface area (Å²) in [6.45, 7) is 0. The van der Waals surface area contributed by atoms with Crippen LogP contribution in [0, 0.1) is 5.92 Å². The largest absolute Gasteiger partial charge is 0.480 e. The van der Waals surface area contributed by atoms with Crippen LogP contribution in [0.1, 0.15) is 57.8 Å². The topological polar surface area (TPSA) is 40.5 Å². The molecule has 3 rings (SSSR count). The maximum atomic E-state index is 11.4. The van der Waals surface area contributed by atoms with Crippen molar-refractivity contribution in [1.82, 2.24) is 4.90 Å². The van der Waals surface area contributed by atoms with Gasteiger partial charge in [-0.25, -0.2) is 0 Å². The SMILES string of the molecule is O=C(O)C1CCC2CCCCC2N1C1CCC1. The number of rotatable bonds is 2. The Hall–Kier alpha value is -0.570. The highest BCUT2D eigenvalue weighted by molar-refractivity contribution is 5.73. The summed E-state index contributed by atoms with van der Waals surface area (Å²) < 4.78 is 0. The van der Waals surface area contributed by atoms with E-state index in [4.69, 9.17) is 0 Å². The van der Waals surface area contributed by atoms with Crippen molar-refractivity contribution in [1.29, 1.82) is 0 Å². The average Bonchev–Trinajstić information content (AvgIpc) is 2.26. The van der Waals surface area contributed by atoms with Crippen LogP contribution in [0.15, 0.2) is 0 Å². The van der Waals surface area contributed by atoms with E-state index in [-0.39, 0.29) is 6.04 Å². The number of piperidine rings is 1. The molecule has 96 valence electrons. The first-order chi connectivity index (χ1) is 8.27. The molecule has 1 heterocycles. The minimum atomic E-state index is -0.582. The molecule has 17 heavy (non-hydrogen) atoms. The normalized spacial score (nSPS) is 39.4. The van der Waals surface area contributed by atoms with Gasteiger partial charge < -0.3 is 5.11 Å². The summed E-state index contributed by atoms with van der Waals surface area (Å²) in [5.74, 6) is 0.209. The number of aliphatic carboxylic acids is 1. The molecule has 3 unspecified atom stereocenters. The lowest BCUT2D eigenvalue weighted by Gasteiger charge is -2.52. The summed E-state index contributed by atoms with van der Waals surface area (Å²) in [4.78, 5) is 13.9. The van der Waals surface area contributed by atoms with Gasteiger partial charge in [0.15, 0.2) is 0 Å². The number of carbonyl (C=O) groups is 1. The number of hydrogen-bond donors (Lipinski definition) is 1. The maximum Gasteiger partial charge on any atom is 0.320 e. The molecule has 2 saturated carbocycles. The third-order valence-corrected chi connectivity index (χ3v) is 5.20. The van der Waals surface area contributed by atoms with Gasteiger partial charge in [0.1, 0.15) is 6.04 Å². The third-order valence-electron chi connectivity index (χ3n) is 5.20. The van der Waals surface area contributed by atoms with Gasteiger partial charge in [0, 0.05) is 12.1 Å². The van der Waals surface area contributed by atoms with Gasteiger partial charge in [0.05, 0.1) is 0 Å². The number of hydrogen-bond acceptors (Lipinski definition) is 2. The molecule has 1 aliphatic heterocycles. The second-order valence-corrected chi connectivity index (χ2v) is 6.08. The van der Waals surface area contributed by atoms with Crippen LogP contribution in [-0.2, 0) is 4.79 Å². The smallest absolute Gasteiger partial charge is 0.320 e. The molecular weight excluding hydrogens is 214 g/mol. The lowest BCUT2D eigenvalue weighted by Crippen LogP contribution is -2.60. The Morgan fingerprint density at radius 2 is 1.71 bits per heavy atom. The zero-order chi connectivity index (χ0) is 11.8. The lowest BCUT2D eigenvalue weighted by molar-refractivity contribution is -0.152. The van der Waals surface area contributed by atoms with Crippen LogP contribution in [0.5, 0.6) is 0 Å². The van der Waals surface area contributed by atoms with Gasteiger partial charge in [0.2, 0.25) is 0 Å². The highest BCUT2D eigenvalue weighted by Gasteiger charge is 2.45. The fraction of sp³-hybridized carbons (Fsp3) is 0.929. The summed E-state index contributed by atoms with van der Waals surface area (Å²) >= 11 is 0. The molecule has 0 bridgehead atoms. The Labute approximate surface area is 103 Å². The van der Waals surface area contributed by atoms with Crippen LogP contribution in [0.2, 0.25) is 0 Å². The molecule has 0 aromatic carbocycles. The molecular formula is C14H23NO2. The average molecular weight is 237 g/mol. The van der Waals surface area contributed by atoms with Gasteiger partial charge >= 0.3 is 5.97 Å². The van der Waals surface area contributed by atoms with Crippen LogP contribution in [-0.4, -0.2) is 34.1 Å². The van der Waals surface area contributed by atoms with Gasteiger partial charge in [-0.15, -0.1) is 0 Å². The summed E-state index contributed by atoms with van der Waals surface area (Å²) in [7, 11) is 0. The van der Waals surface area contributed by atoms with Gasteiger partial charge in [-0.3, -0.25) is 9.69 Å². The Bertz CT molecular complexity index is 301. The van der Waals surface area contributed by atoms with E-state index in [2.05, 4.69) is 4.90 Å². The molecule has 3 nitrogen and oxygen atoms in total. The summed E-state index contributed by atoms with van der Waals surface area (Å²) in [5.41, 5.74) is 0. The van der Waals surface area contributed by atoms with E-state index in [1.165, 1.54) is 44.9 Å². The Morgan fingerprint density at radius 3 is 2.35 bits per heavy atom. The van der Waals surface area contributed by atoms with E-state index in [0.29, 0.717) is 12.1 Å². The van der Waals surface area contributed by atoms with Crippen LogP contribution >= 0.6 is 0 Å². The molecule has 3 fully saturated rings. The molecule has 1 saturated heterocycles. The van der Waals surface area contributed by atoms with Gasteiger partial charge in [-0.05, 0) is 44.4 Å². The van der Waals surface area contributed by atoms with Crippen LogP contribution in [0.25, 0.3) is 0 Å². The number of carboxylic acids is 1. The fourth-order valence-corrected chi connectivity index (χ4v) is 4.13. The minimum Gasteiger partial charge on any atom is -0.480 e. The van der Waals surface area contributed by atoms with Crippen LogP contribution < -0.4 is 0 Å². The fourth-order valence-electron chi connectivity index (χ4n) is 4.13. The molecule has 3 heteroatoms. The molecule has 0 aromatic rings. The molecule has 3 aliphatic rings. The number of likely N-dealkylation sites (tertiary alicyclic amines) is 1. The maximum absolute atomic E-state index is 11.4. The van der Waals surface area contributed by atoms with E-state index in [0.717, 1.165) is 18.8 Å². The van der Waals surface area contributed by atoms with E-state index in [9.17, 15) is 9.90 Å². The van der Waals surface area contributed by atoms with Crippen LogP contribution in [0.3, 0.4) is 0 Å². The first-order valence-corrected chi connectivity index (χ1v) is 7.27. The summed E-state index contributed by atoms with van der Waals surface area (Å²) in [6.07, 6.45) is 11.0. The number of nitrogens with zero attached hydrogens (tertiary/aromatic N) is 1. The molecule has 0 radical (unpaired) electrons. The van der Waals surface area contributed by atoms with E-state index in [1.54, 1.807) is 0 Å². The third kappa shape index (κ3) is 1.99. The van der Waals surface area contributed by atoms with Gasteiger partial charge in [-0.1, -0.05) is 19.3 Å². The highest BCUT2D eigenvalue weighted by Crippen LogP contribution is 2.42. The Balaban J connectivity index is 1.80. The van der Waals surface area contributed by atoms with Crippen molar-refractivity contribution in [2.75, 3.05) is 0 Å². The number of carboxylic acid groups (broad SMARTS) is 1. The number of fused-ring (bicyclic) bond motifs is 1. The zero-order valence-corrected chi connectivity index (χ0v) is 10.5. The second-order valence-electron chi connectivity index (χ2n) is 6.08. The zero-order valence-electron chi connectivity index (χ0n) is 10.5. The molecule has 3 atom stereocenters. The van der Waals surface area contributed by atoms with Gasteiger partial charge in [-0.2, -0.15) is 0 Å². The Morgan fingerprint density at radius 1 is 0.941 bits per heavy atom. The summed E-state index contributed by atoms with van der Waals surface area (Å²) in [6, 6.07) is 0.991. The minimum absolute atomic E-state index is 0.181. The van der Waals surface area contributed by atoms with Crippen molar-refractivity contribution in [3.8, 4) is 0 Å². The van der Waals surface area contributed by atoms with Crippen molar-refractivity contribution in [2.45, 2.75) is 75.9 Å². The lowest BCUT2D eigenvalue weighted by atomic mass is 9.73. The quantitative estimate of drug-likeness (QED) is 0.802. The predicted molar refractivity (Wildman–Crippen MR) is 65.9 cm³/mol. The highest BCUT2D eigenvalue weighted by atomic mass is 16.4. The van der Waals surface area contributed by atoms with Crippen molar-refractivity contribution < 1.29 is 9.90 Å². The summed E-state index contributed by atoms with van der Waals surface area (Å²) in [5, 5.41) is 9.43. The van der Waals surface area contributed by atoms with E-state index in [1.807, 2.05) is 0 Å².